The highest BCUT2D eigenvalue weighted by atomic mass is 16.7. The molecule has 186 valence electrons. The van der Waals surface area contributed by atoms with Crippen LogP contribution in [0.3, 0.4) is 0 Å². The fourth-order valence-electron chi connectivity index (χ4n) is 5.19. The summed E-state index contributed by atoms with van der Waals surface area (Å²) in [6.45, 7) is 14.7. The van der Waals surface area contributed by atoms with Gasteiger partial charge in [0.15, 0.2) is 5.78 Å². The van der Waals surface area contributed by atoms with Crippen LogP contribution in [0.15, 0.2) is 54.6 Å². The number of nitrogens with one attached hydrogen (secondary N) is 1. The zero-order valence-electron chi connectivity index (χ0n) is 21.7. The lowest BCUT2D eigenvalue weighted by Crippen LogP contribution is -2.70. The molecular weight excluding hydrogens is 424 g/mol. The average Bonchev–Trinajstić information content (AvgIpc) is 2.85. The van der Waals surface area contributed by atoms with Crippen molar-refractivity contribution in [3.8, 4) is 0 Å². The van der Waals surface area contributed by atoms with Crippen molar-refractivity contribution in [2.24, 2.45) is 5.92 Å². The molecule has 5 heteroatoms. The number of carbonyl (C=O) groups excluding carboxylic acids is 2. The highest BCUT2D eigenvalue weighted by Crippen LogP contribution is 2.47. The van der Waals surface area contributed by atoms with Crippen LogP contribution >= 0.6 is 0 Å². The first kappa shape index (κ1) is 26.1. The molecule has 0 radical (unpaired) electrons. The Labute approximate surface area is 206 Å². The van der Waals surface area contributed by atoms with Gasteiger partial charge in [-0.15, -0.1) is 0 Å². The zero-order chi connectivity index (χ0) is 25.1. The zero-order valence-corrected chi connectivity index (χ0v) is 21.7. The monoisotopic (exact) mass is 466 g/mol. The number of amides is 1. The van der Waals surface area contributed by atoms with E-state index in [1.807, 2.05) is 54.6 Å². The van der Waals surface area contributed by atoms with E-state index in [2.05, 4.69) is 51.9 Å². The predicted octanol–water partition coefficient (Wildman–Crippen LogP) is 6.61. The predicted molar refractivity (Wildman–Crippen MR) is 139 cm³/mol. The highest BCUT2D eigenvalue weighted by molar-refractivity contribution is 5.94. The van der Waals surface area contributed by atoms with Crippen LogP contribution in [0.2, 0.25) is 0 Å². The SMILES string of the molecule is CCC1(C)CC(NC(=O)c2ccccc2)C(C)C(C)(CC)N1OC(C)c1ccc(C(C)=O)cc1.[HH]. The van der Waals surface area contributed by atoms with Crippen molar-refractivity contribution in [3.05, 3.63) is 71.3 Å². The summed E-state index contributed by atoms with van der Waals surface area (Å²) in [5.74, 6) is 0.213. The van der Waals surface area contributed by atoms with Crippen molar-refractivity contribution in [2.45, 2.75) is 91.0 Å². The summed E-state index contributed by atoms with van der Waals surface area (Å²) in [6.07, 6.45) is 2.41. The van der Waals surface area contributed by atoms with Crippen LogP contribution < -0.4 is 5.32 Å². The van der Waals surface area contributed by atoms with Gasteiger partial charge in [0.2, 0.25) is 0 Å². The van der Waals surface area contributed by atoms with E-state index >= 15 is 0 Å². The number of hydrogen-bond acceptors (Lipinski definition) is 4. The largest absolute Gasteiger partial charge is 0.349 e. The van der Waals surface area contributed by atoms with Crippen LogP contribution in [0.1, 0.15) is 102 Å². The third kappa shape index (κ3) is 5.11. The van der Waals surface area contributed by atoms with Gasteiger partial charge in [-0.25, -0.2) is 0 Å². The van der Waals surface area contributed by atoms with Crippen LogP contribution in [0.4, 0.5) is 0 Å². The van der Waals surface area contributed by atoms with Gasteiger partial charge in [0.05, 0.1) is 0 Å². The number of benzene rings is 2. The van der Waals surface area contributed by atoms with Crippen LogP contribution in [-0.4, -0.2) is 33.9 Å². The molecule has 0 aromatic heterocycles. The maximum Gasteiger partial charge on any atom is 0.251 e. The first-order chi connectivity index (χ1) is 16.1. The molecule has 1 aliphatic heterocycles. The lowest BCUT2D eigenvalue weighted by atomic mass is 9.68. The summed E-state index contributed by atoms with van der Waals surface area (Å²) < 4.78 is 0. The van der Waals surface area contributed by atoms with Gasteiger partial charge in [-0.2, -0.15) is 5.06 Å². The molecule has 2 aromatic carbocycles. The van der Waals surface area contributed by atoms with Crippen molar-refractivity contribution >= 4 is 11.7 Å². The Morgan fingerprint density at radius 2 is 1.68 bits per heavy atom. The second-order valence-corrected chi connectivity index (χ2v) is 10.2. The Bertz CT molecular complexity index is 997. The van der Waals surface area contributed by atoms with Crippen LogP contribution in [0.25, 0.3) is 0 Å². The Kier molecular flexibility index (Phi) is 7.99. The number of Topliss-reactive ketones (excluding diaryl/α,β-unsaturated/α-hetero) is 1. The second-order valence-electron chi connectivity index (χ2n) is 10.2. The van der Waals surface area contributed by atoms with Crippen molar-refractivity contribution in [1.82, 2.24) is 10.4 Å². The van der Waals surface area contributed by atoms with Crippen LogP contribution in [0.5, 0.6) is 0 Å². The number of rotatable bonds is 8. The van der Waals surface area contributed by atoms with E-state index < -0.39 is 0 Å². The van der Waals surface area contributed by atoms with Gasteiger partial charge in [0.25, 0.3) is 5.91 Å². The summed E-state index contributed by atoms with van der Waals surface area (Å²) >= 11 is 0. The number of nitrogens with zero attached hydrogens (tertiary/aromatic N) is 1. The minimum absolute atomic E-state index is 0. The number of carbonyl (C=O) groups is 2. The average molecular weight is 467 g/mol. The molecule has 1 heterocycles. The van der Waals surface area contributed by atoms with Gasteiger partial charge in [0, 0.05) is 29.7 Å². The fourth-order valence-corrected chi connectivity index (χ4v) is 5.19. The highest BCUT2D eigenvalue weighted by Gasteiger charge is 2.54. The number of ketones is 1. The molecule has 1 aliphatic rings. The van der Waals surface area contributed by atoms with E-state index in [0.717, 1.165) is 24.8 Å². The first-order valence-electron chi connectivity index (χ1n) is 12.5. The third-order valence-electron chi connectivity index (χ3n) is 8.08. The summed E-state index contributed by atoms with van der Waals surface area (Å²) in [5, 5.41) is 5.55. The molecule has 34 heavy (non-hydrogen) atoms. The normalized spacial score (nSPS) is 28.3. The Hall–Kier alpha value is -2.50. The lowest BCUT2D eigenvalue weighted by Gasteiger charge is -2.60. The van der Waals surface area contributed by atoms with E-state index in [1.54, 1.807) is 6.92 Å². The summed E-state index contributed by atoms with van der Waals surface area (Å²) in [4.78, 5) is 31.4. The summed E-state index contributed by atoms with van der Waals surface area (Å²) in [7, 11) is 0. The molecule has 1 amide bonds. The van der Waals surface area contributed by atoms with Crippen molar-refractivity contribution in [3.63, 3.8) is 0 Å². The summed E-state index contributed by atoms with van der Waals surface area (Å²) in [6, 6.07) is 17.1. The molecule has 2 aromatic rings. The molecule has 1 N–H and O–H groups in total. The van der Waals surface area contributed by atoms with E-state index in [0.29, 0.717) is 11.1 Å². The molecule has 3 rings (SSSR count). The molecule has 0 saturated carbocycles. The minimum atomic E-state index is -0.273. The van der Waals surface area contributed by atoms with Gasteiger partial charge in [-0.3, -0.25) is 14.4 Å². The molecular formula is C29H42N2O3. The topological polar surface area (TPSA) is 58.6 Å². The van der Waals surface area contributed by atoms with E-state index in [9.17, 15) is 9.59 Å². The fraction of sp³-hybridized carbons (Fsp3) is 0.517. The number of hydrogen-bond donors (Lipinski definition) is 1. The Balaban J connectivity index is 0.00000432. The van der Waals surface area contributed by atoms with E-state index in [1.165, 1.54) is 0 Å². The quantitative estimate of drug-likeness (QED) is 0.445. The molecule has 0 bridgehead atoms. The lowest BCUT2D eigenvalue weighted by molar-refractivity contribution is -0.327. The minimum Gasteiger partial charge on any atom is -0.349 e. The molecule has 1 fully saturated rings. The van der Waals surface area contributed by atoms with Gasteiger partial charge in [-0.1, -0.05) is 63.2 Å². The van der Waals surface area contributed by atoms with Crippen molar-refractivity contribution < 1.29 is 15.9 Å². The molecule has 0 spiro atoms. The Morgan fingerprint density at radius 3 is 2.21 bits per heavy atom. The standard InChI is InChI=1S/C29H40N2O3.H2/c1-8-28(6)19-26(30-27(33)25-13-11-10-12-14-25)20(3)29(7,9-2)31(28)34-22(5)24-17-15-23(16-18-24)21(4)32;/h10-18,20,22,26H,8-9,19H2,1-7H3,(H,30,33);1H. The number of piperidine rings is 1. The molecule has 5 atom stereocenters. The molecule has 1 saturated heterocycles. The van der Waals surface area contributed by atoms with Gasteiger partial charge in [-0.05, 0) is 70.6 Å². The molecule has 0 aliphatic carbocycles. The maximum absolute atomic E-state index is 13.0. The first-order valence-corrected chi connectivity index (χ1v) is 12.5. The Morgan fingerprint density at radius 1 is 1.06 bits per heavy atom. The third-order valence-corrected chi connectivity index (χ3v) is 8.08. The summed E-state index contributed by atoms with van der Waals surface area (Å²) in [5.41, 5.74) is 1.91. The van der Waals surface area contributed by atoms with Gasteiger partial charge in [0.1, 0.15) is 6.10 Å². The van der Waals surface area contributed by atoms with Crippen LogP contribution in [-0.2, 0) is 4.84 Å². The maximum atomic E-state index is 13.0. The van der Waals surface area contributed by atoms with E-state index in [-0.39, 0.29) is 42.3 Å². The van der Waals surface area contributed by atoms with Gasteiger partial charge < -0.3 is 5.32 Å². The van der Waals surface area contributed by atoms with E-state index in [4.69, 9.17) is 4.84 Å². The van der Waals surface area contributed by atoms with Crippen molar-refractivity contribution in [1.29, 1.82) is 0 Å². The number of hydroxylamine groups is 2. The molecule has 5 unspecified atom stereocenters. The van der Waals surface area contributed by atoms with Gasteiger partial charge >= 0.3 is 0 Å². The second kappa shape index (κ2) is 10.4. The molecule has 5 nitrogen and oxygen atoms in total. The smallest absolute Gasteiger partial charge is 0.251 e. The van der Waals surface area contributed by atoms with Crippen molar-refractivity contribution in [2.75, 3.05) is 0 Å². The van der Waals surface area contributed by atoms with Crippen LogP contribution in [0, 0.1) is 5.92 Å².